The summed E-state index contributed by atoms with van der Waals surface area (Å²) in [6, 6.07) is 8.26. The second-order valence-electron chi connectivity index (χ2n) is 9.43. The predicted molar refractivity (Wildman–Crippen MR) is 121 cm³/mol. The maximum Gasteiger partial charge on any atom is 0.303 e. The summed E-state index contributed by atoms with van der Waals surface area (Å²) in [5.74, 6) is 0.667. The van der Waals surface area contributed by atoms with Crippen LogP contribution in [0.2, 0.25) is 0 Å². The van der Waals surface area contributed by atoms with Gasteiger partial charge in [0.05, 0.1) is 6.10 Å². The molecule has 1 fully saturated rings. The van der Waals surface area contributed by atoms with E-state index >= 15 is 0 Å². The van der Waals surface area contributed by atoms with Crippen LogP contribution < -0.4 is 0 Å². The molecule has 168 valence electrons. The molecule has 0 bridgehead atoms. The number of benzene rings is 1. The van der Waals surface area contributed by atoms with Crippen molar-refractivity contribution in [1.29, 1.82) is 0 Å². The molecule has 1 saturated carbocycles. The SMILES string of the molecule is CC(C)CCCCC(O)c1cccc([C@H]2CCC(=O)[C@@H]2CCCCCCC(=O)O)c1. The fourth-order valence-electron chi connectivity index (χ4n) is 4.72. The molecule has 0 aliphatic heterocycles. The summed E-state index contributed by atoms with van der Waals surface area (Å²) < 4.78 is 0. The minimum atomic E-state index is -0.733. The first kappa shape index (κ1) is 24.6. The number of Topliss-reactive ketones (excluding diaryl/α,β-unsaturated/α-hetero) is 1. The Hall–Kier alpha value is -1.68. The number of aliphatic carboxylic acids is 1. The molecule has 4 nitrogen and oxygen atoms in total. The molecule has 2 N–H and O–H groups in total. The molecule has 1 aliphatic rings. The summed E-state index contributed by atoms with van der Waals surface area (Å²) in [5.41, 5.74) is 2.17. The van der Waals surface area contributed by atoms with E-state index in [1.165, 1.54) is 12.0 Å². The Morgan fingerprint density at radius 3 is 2.53 bits per heavy atom. The van der Waals surface area contributed by atoms with E-state index in [4.69, 9.17) is 5.11 Å². The summed E-state index contributed by atoms with van der Waals surface area (Å²) in [6.07, 6.45) is 10.0. The van der Waals surface area contributed by atoms with Crippen LogP contribution in [0.3, 0.4) is 0 Å². The lowest BCUT2D eigenvalue weighted by molar-refractivity contribution is -0.137. The third kappa shape index (κ3) is 8.22. The van der Waals surface area contributed by atoms with Gasteiger partial charge in [0.15, 0.2) is 0 Å². The summed E-state index contributed by atoms with van der Waals surface area (Å²) in [4.78, 5) is 23.1. The Bertz CT molecular complexity index is 667. The van der Waals surface area contributed by atoms with Crippen molar-refractivity contribution in [2.45, 2.75) is 103 Å². The average molecular weight is 417 g/mol. The van der Waals surface area contributed by atoms with Crippen molar-refractivity contribution in [3.05, 3.63) is 35.4 Å². The molecule has 0 aromatic heterocycles. The summed E-state index contributed by atoms with van der Waals surface area (Å²) >= 11 is 0. The van der Waals surface area contributed by atoms with Gasteiger partial charge in [0, 0.05) is 18.8 Å². The predicted octanol–water partition coefficient (Wildman–Crippen LogP) is 6.42. The monoisotopic (exact) mass is 416 g/mol. The van der Waals surface area contributed by atoms with Gasteiger partial charge in [-0.3, -0.25) is 9.59 Å². The largest absolute Gasteiger partial charge is 0.481 e. The maximum atomic E-state index is 12.5. The molecule has 4 heteroatoms. The molecule has 2 rings (SSSR count). The summed E-state index contributed by atoms with van der Waals surface area (Å²) in [5, 5.41) is 19.3. The molecule has 0 heterocycles. The van der Waals surface area contributed by atoms with Gasteiger partial charge in [0.2, 0.25) is 0 Å². The number of rotatable bonds is 14. The Balaban J connectivity index is 1.87. The number of carboxylic acids is 1. The number of hydrogen-bond donors (Lipinski definition) is 2. The van der Waals surface area contributed by atoms with Crippen molar-refractivity contribution in [2.75, 3.05) is 0 Å². The van der Waals surface area contributed by atoms with Crippen molar-refractivity contribution in [3.8, 4) is 0 Å². The molecule has 1 aromatic carbocycles. The number of carbonyl (C=O) groups is 2. The van der Waals surface area contributed by atoms with Crippen LogP contribution in [0.1, 0.15) is 114 Å². The highest BCUT2D eigenvalue weighted by molar-refractivity contribution is 5.84. The lowest BCUT2D eigenvalue weighted by Crippen LogP contribution is -2.14. The van der Waals surface area contributed by atoms with E-state index in [0.717, 1.165) is 56.9 Å². The zero-order valence-electron chi connectivity index (χ0n) is 18.8. The highest BCUT2D eigenvalue weighted by Crippen LogP contribution is 2.41. The molecule has 0 radical (unpaired) electrons. The van der Waals surface area contributed by atoms with Gasteiger partial charge in [-0.1, -0.05) is 76.6 Å². The summed E-state index contributed by atoms with van der Waals surface area (Å²) in [6.45, 7) is 4.46. The van der Waals surface area contributed by atoms with Crippen LogP contribution in [-0.2, 0) is 9.59 Å². The van der Waals surface area contributed by atoms with Gasteiger partial charge in [-0.15, -0.1) is 0 Å². The maximum absolute atomic E-state index is 12.5. The topological polar surface area (TPSA) is 74.6 Å². The normalized spacial score (nSPS) is 20.1. The van der Waals surface area contributed by atoms with Gasteiger partial charge in [-0.25, -0.2) is 0 Å². The second-order valence-corrected chi connectivity index (χ2v) is 9.43. The highest BCUT2D eigenvalue weighted by Gasteiger charge is 2.35. The molecule has 3 atom stereocenters. The van der Waals surface area contributed by atoms with Crippen molar-refractivity contribution in [1.82, 2.24) is 0 Å². The molecule has 0 spiro atoms. The smallest absolute Gasteiger partial charge is 0.303 e. The van der Waals surface area contributed by atoms with Crippen LogP contribution in [0.5, 0.6) is 0 Å². The lowest BCUT2D eigenvalue weighted by Gasteiger charge is -2.20. The van der Waals surface area contributed by atoms with Crippen LogP contribution in [0.4, 0.5) is 0 Å². The zero-order chi connectivity index (χ0) is 21.9. The first-order valence-corrected chi connectivity index (χ1v) is 11.9. The molecular weight excluding hydrogens is 376 g/mol. The van der Waals surface area contributed by atoms with Gasteiger partial charge in [0.1, 0.15) is 5.78 Å². The van der Waals surface area contributed by atoms with Crippen molar-refractivity contribution in [2.24, 2.45) is 11.8 Å². The first-order valence-electron chi connectivity index (χ1n) is 11.9. The molecule has 1 aromatic rings. The number of aliphatic hydroxyl groups is 1. The van der Waals surface area contributed by atoms with E-state index in [-0.39, 0.29) is 18.3 Å². The van der Waals surface area contributed by atoms with E-state index in [2.05, 4.69) is 26.0 Å². The van der Waals surface area contributed by atoms with Crippen molar-refractivity contribution >= 4 is 11.8 Å². The third-order valence-corrected chi connectivity index (χ3v) is 6.49. The van der Waals surface area contributed by atoms with Crippen molar-refractivity contribution < 1.29 is 19.8 Å². The van der Waals surface area contributed by atoms with Gasteiger partial charge < -0.3 is 10.2 Å². The fourth-order valence-corrected chi connectivity index (χ4v) is 4.72. The average Bonchev–Trinajstić information content (AvgIpc) is 3.08. The van der Waals surface area contributed by atoms with Crippen molar-refractivity contribution in [3.63, 3.8) is 0 Å². The van der Waals surface area contributed by atoms with Gasteiger partial charge in [0.25, 0.3) is 0 Å². The van der Waals surface area contributed by atoms with E-state index in [9.17, 15) is 14.7 Å². The highest BCUT2D eigenvalue weighted by atomic mass is 16.4. The van der Waals surface area contributed by atoms with Gasteiger partial charge in [-0.05, 0) is 48.6 Å². The number of aliphatic hydroxyl groups excluding tert-OH is 1. The molecule has 0 saturated heterocycles. The molecule has 1 unspecified atom stereocenters. The third-order valence-electron chi connectivity index (χ3n) is 6.49. The zero-order valence-corrected chi connectivity index (χ0v) is 18.8. The van der Waals surface area contributed by atoms with E-state index in [1.807, 2.05) is 12.1 Å². The lowest BCUT2D eigenvalue weighted by atomic mass is 9.84. The Morgan fingerprint density at radius 1 is 1.07 bits per heavy atom. The minimum Gasteiger partial charge on any atom is -0.481 e. The first-order chi connectivity index (χ1) is 14.4. The van der Waals surface area contributed by atoms with E-state index < -0.39 is 12.1 Å². The fraction of sp³-hybridized carbons (Fsp3) is 0.692. The minimum absolute atomic E-state index is 0.0721. The Kier molecular flexibility index (Phi) is 10.6. The number of unbranched alkanes of at least 4 members (excludes halogenated alkanes) is 4. The van der Waals surface area contributed by atoms with Gasteiger partial charge >= 0.3 is 5.97 Å². The summed E-state index contributed by atoms with van der Waals surface area (Å²) in [7, 11) is 0. The quantitative estimate of drug-likeness (QED) is 0.343. The number of ketones is 1. The molecule has 1 aliphatic carbocycles. The van der Waals surface area contributed by atoms with E-state index in [1.54, 1.807) is 0 Å². The Labute approximate surface area is 182 Å². The molecule has 0 amide bonds. The second kappa shape index (κ2) is 12.9. The van der Waals surface area contributed by atoms with Crippen LogP contribution in [-0.4, -0.2) is 22.0 Å². The van der Waals surface area contributed by atoms with Crippen LogP contribution >= 0.6 is 0 Å². The number of carbonyl (C=O) groups excluding carboxylic acids is 1. The van der Waals surface area contributed by atoms with Crippen LogP contribution in [0.15, 0.2) is 24.3 Å². The van der Waals surface area contributed by atoms with Crippen LogP contribution in [0.25, 0.3) is 0 Å². The van der Waals surface area contributed by atoms with Crippen LogP contribution in [0, 0.1) is 11.8 Å². The number of hydrogen-bond acceptors (Lipinski definition) is 3. The van der Waals surface area contributed by atoms with E-state index in [0.29, 0.717) is 24.5 Å². The molecular formula is C26H40O4. The number of carboxylic acid groups (broad SMARTS) is 1. The van der Waals surface area contributed by atoms with Gasteiger partial charge in [-0.2, -0.15) is 0 Å². The standard InChI is InChI=1S/C26H40O4/c1-19(2)10-7-8-14-24(27)21-12-9-11-20(18-21)22-16-17-25(28)23(22)13-5-3-4-6-15-26(29)30/h9,11-12,18-19,22-24,27H,3-8,10,13-17H2,1-2H3,(H,29,30)/t22-,23-,24?/m1/s1. The Morgan fingerprint density at radius 2 is 1.80 bits per heavy atom. The molecule has 30 heavy (non-hydrogen) atoms.